The highest BCUT2D eigenvalue weighted by Crippen LogP contribution is 2.56. The van der Waals surface area contributed by atoms with Crippen molar-refractivity contribution >= 4 is 23.3 Å². The Kier molecular flexibility index (Phi) is 7.32. The molecule has 0 fully saturated rings. The lowest BCUT2D eigenvalue weighted by Crippen LogP contribution is -2.28. The predicted octanol–water partition coefficient (Wildman–Crippen LogP) is 13.0. The Morgan fingerprint density at radius 2 is 0.582 bits per heavy atom. The molecular formula is C55H38. The van der Waals surface area contributed by atoms with Gasteiger partial charge in [-0.25, -0.2) is 0 Å². The first-order chi connectivity index (χ1) is 27.3. The average molecular weight is 699 g/mol. The van der Waals surface area contributed by atoms with Gasteiger partial charge in [-0.05, 0) is 125 Å². The van der Waals surface area contributed by atoms with E-state index in [1.807, 2.05) is 0 Å². The number of hydrogen-bond acceptors (Lipinski definition) is 0. The molecule has 0 spiro atoms. The van der Waals surface area contributed by atoms with Crippen LogP contribution in [-0.4, -0.2) is 0 Å². The van der Waals surface area contributed by atoms with Gasteiger partial charge in [-0.3, -0.25) is 0 Å². The smallest absolute Gasteiger partial charge is 0.0619 e. The van der Waals surface area contributed by atoms with E-state index in [0.29, 0.717) is 0 Å². The molecule has 0 unspecified atom stereocenters. The summed E-state index contributed by atoms with van der Waals surface area (Å²) in [4.78, 5) is 0. The minimum absolute atomic E-state index is 0.460. The van der Waals surface area contributed by atoms with Crippen LogP contribution >= 0.6 is 0 Å². The van der Waals surface area contributed by atoms with Crippen LogP contribution in [0.5, 0.6) is 0 Å². The van der Waals surface area contributed by atoms with Gasteiger partial charge in [-0.2, -0.15) is 0 Å². The van der Waals surface area contributed by atoms with Gasteiger partial charge in [0.15, 0.2) is 0 Å². The number of hydrogen-bond donors (Lipinski definition) is 0. The Hall–Kier alpha value is -6.76. The molecule has 0 saturated heterocycles. The van der Waals surface area contributed by atoms with Crippen molar-refractivity contribution in [2.24, 2.45) is 0 Å². The normalized spacial score (nSPS) is 14.1. The first-order valence-corrected chi connectivity index (χ1v) is 19.4. The van der Waals surface area contributed by atoms with Crippen LogP contribution in [0.25, 0.3) is 34.4 Å². The molecule has 3 aliphatic rings. The molecule has 0 N–H and O–H groups in total. The van der Waals surface area contributed by atoms with Crippen LogP contribution in [0.15, 0.2) is 194 Å². The topological polar surface area (TPSA) is 0 Å². The van der Waals surface area contributed by atoms with E-state index in [1.165, 1.54) is 100 Å². The Bertz CT molecular complexity index is 2550. The molecule has 0 aliphatic heterocycles. The zero-order valence-electron chi connectivity index (χ0n) is 30.5. The van der Waals surface area contributed by atoms with Gasteiger partial charge in [-0.1, -0.05) is 194 Å². The van der Waals surface area contributed by atoms with Gasteiger partial charge in [0, 0.05) is 0 Å². The fraction of sp³-hybridized carbons (Fsp3) is 0.0545. The van der Waals surface area contributed by atoms with Gasteiger partial charge < -0.3 is 0 Å². The fourth-order valence-electron chi connectivity index (χ4n) is 9.78. The second-order valence-electron chi connectivity index (χ2n) is 15.2. The van der Waals surface area contributed by atoms with E-state index in [0.717, 1.165) is 12.8 Å². The number of rotatable bonds is 4. The first kappa shape index (κ1) is 31.7. The fourth-order valence-corrected chi connectivity index (χ4v) is 9.78. The minimum atomic E-state index is -0.460. The maximum atomic E-state index is 2.38. The first-order valence-electron chi connectivity index (χ1n) is 19.4. The van der Waals surface area contributed by atoms with Crippen LogP contribution in [-0.2, 0) is 18.3 Å². The summed E-state index contributed by atoms with van der Waals surface area (Å²) < 4.78 is 0. The largest absolute Gasteiger partial charge is 0.0713 e. The number of benzene rings is 8. The SMILES string of the molecule is C(=C1c2ccccc2Cc2ccccc21)c1ccc(C2(c3ccc(C=C4c5ccccc5Cc5ccccc54)cc3)c3ccccc3-c3ccccc32)cc1. The Labute approximate surface area is 323 Å². The summed E-state index contributed by atoms with van der Waals surface area (Å²) in [5, 5.41) is 0. The zero-order chi connectivity index (χ0) is 36.3. The van der Waals surface area contributed by atoms with E-state index in [1.54, 1.807) is 0 Å². The molecule has 258 valence electrons. The molecule has 0 heteroatoms. The van der Waals surface area contributed by atoms with Crippen molar-refractivity contribution in [1.29, 1.82) is 0 Å². The van der Waals surface area contributed by atoms with Crippen molar-refractivity contribution < 1.29 is 0 Å². The van der Waals surface area contributed by atoms with Crippen molar-refractivity contribution in [3.63, 3.8) is 0 Å². The maximum absolute atomic E-state index is 2.38. The molecule has 8 aromatic carbocycles. The number of fused-ring (bicyclic) bond motifs is 7. The standard InChI is InChI=1S/C55H38/c1-5-17-45-39(13-1)35-40-14-2-6-18-46(40)51(45)33-37-25-29-43(30-26-37)55(53-23-11-9-21-49(53)50-22-10-12-24-54(50)55)44-31-27-38(28-32-44)34-52-47-19-7-3-15-41(47)36-42-16-4-8-20-48(42)52/h1-34H,35-36H2. The maximum Gasteiger partial charge on any atom is 0.0713 e. The molecule has 0 nitrogen and oxygen atoms in total. The molecular weight excluding hydrogens is 661 g/mol. The third kappa shape index (κ3) is 4.99. The minimum Gasteiger partial charge on any atom is -0.0619 e. The van der Waals surface area contributed by atoms with E-state index >= 15 is 0 Å². The lowest BCUT2D eigenvalue weighted by molar-refractivity contribution is 0.768. The van der Waals surface area contributed by atoms with Crippen LogP contribution in [0, 0.1) is 0 Å². The molecule has 3 aliphatic carbocycles. The van der Waals surface area contributed by atoms with Crippen molar-refractivity contribution in [3.05, 3.63) is 272 Å². The van der Waals surface area contributed by atoms with Crippen LogP contribution < -0.4 is 0 Å². The van der Waals surface area contributed by atoms with E-state index in [2.05, 4.69) is 206 Å². The van der Waals surface area contributed by atoms with E-state index < -0.39 is 5.41 Å². The molecule has 0 radical (unpaired) electrons. The second-order valence-corrected chi connectivity index (χ2v) is 15.2. The Balaban J connectivity index is 1.06. The summed E-state index contributed by atoms with van der Waals surface area (Å²) in [5.41, 5.74) is 23.2. The summed E-state index contributed by atoms with van der Waals surface area (Å²) in [7, 11) is 0. The molecule has 0 amide bonds. The van der Waals surface area contributed by atoms with Gasteiger partial charge in [0.2, 0.25) is 0 Å². The van der Waals surface area contributed by atoms with Crippen molar-refractivity contribution in [1.82, 2.24) is 0 Å². The Morgan fingerprint density at radius 3 is 0.927 bits per heavy atom. The second kappa shape index (κ2) is 12.7. The molecule has 8 aromatic rings. The highest BCUT2D eigenvalue weighted by atomic mass is 14.5. The summed E-state index contributed by atoms with van der Waals surface area (Å²) in [5.74, 6) is 0. The predicted molar refractivity (Wildman–Crippen MR) is 229 cm³/mol. The van der Waals surface area contributed by atoms with Crippen LogP contribution in [0.3, 0.4) is 0 Å². The van der Waals surface area contributed by atoms with Crippen molar-refractivity contribution in [3.8, 4) is 11.1 Å². The Morgan fingerprint density at radius 1 is 0.291 bits per heavy atom. The summed E-state index contributed by atoms with van der Waals surface area (Å²) >= 11 is 0. The molecule has 0 bridgehead atoms. The van der Waals surface area contributed by atoms with Crippen LogP contribution in [0.1, 0.15) is 77.9 Å². The lowest BCUT2D eigenvalue weighted by Gasteiger charge is -2.34. The third-order valence-corrected chi connectivity index (χ3v) is 12.3. The molecule has 0 saturated carbocycles. The van der Waals surface area contributed by atoms with E-state index in [-0.39, 0.29) is 0 Å². The molecule has 55 heavy (non-hydrogen) atoms. The monoisotopic (exact) mass is 698 g/mol. The van der Waals surface area contributed by atoms with Crippen LogP contribution in [0.4, 0.5) is 0 Å². The molecule has 0 atom stereocenters. The molecule has 0 heterocycles. The quantitative estimate of drug-likeness (QED) is 0.172. The van der Waals surface area contributed by atoms with Gasteiger partial charge in [0.25, 0.3) is 0 Å². The summed E-state index contributed by atoms with van der Waals surface area (Å²) in [6.07, 6.45) is 6.71. The van der Waals surface area contributed by atoms with Gasteiger partial charge in [-0.15, -0.1) is 0 Å². The van der Waals surface area contributed by atoms with Gasteiger partial charge >= 0.3 is 0 Å². The lowest BCUT2D eigenvalue weighted by atomic mass is 9.67. The highest BCUT2D eigenvalue weighted by molar-refractivity contribution is 5.96. The summed E-state index contributed by atoms with van der Waals surface area (Å²) in [6, 6.07) is 72.3. The van der Waals surface area contributed by atoms with Gasteiger partial charge in [0.1, 0.15) is 0 Å². The summed E-state index contributed by atoms with van der Waals surface area (Å²) in [6.45, 7) is 0. The zero-order valence-corrected chi connectivity index (χ0v) is 30.5. The van der Waals surface area contributed by atoms with Crippen LogP contribution in [0.2, 0.25) is 0 Å². The van der Waals surface area contributed by atoms with E-state index in [4.69, 9.17) is 0 Å². The van der Waals surface area contributed by atoms with E-state index in [9.17, 15) is 0 Å². The molecule has 11 rings (SSSR count). The van der Waals surface area contributed by atoms with Crippen molar-refractivity contribution in [2.75, 3.05) is 0 Å². The molecule has 0 aromatic heterocycles. The highest BCUT2D eigenvalue weighted by Gasteiger charge is 2.45. The third-order valence-electron chi connectivity index (χ3n) is 12.3. The van der Waals surface area contributed by atoms with Gasteiger partial charge in [0.05, 0.1) is 5.41 Å². The average Bonchev–Trinajstić information content (AvgIpc) is 3.55. The van der Waals surface area contributed by atoms with Crippen molar-refractivity contribution in [2.45, 2.75) is 18.3 Å².